The Balaban J connectivity index is 2.41. The molecule has 1 atom stereocenters. The molecule has 1 unspecified atom stereocenters. The maximum absolute atomic E-state index is 12.0. The Kier molecular flexibility index (Phi) is 3.31. The molecule has 5 nitrogen and oxygen atoms in total. The third-order valence-electron chi connectivity index (χ3n) is 3.36. The van der Waals surface area contributed by atoms with Crippen molar-refractivity contribution in [2.45, 2.75) is 39.0 Å². The van der Waals surface area contributed by atoms with Gasteiger partial charge < -0.3 is 4.98 Å². The summed E-state index contributed by atoms with van der Waals surface area (Å²) < 4.78 is 22.9. The average molecular weight is 270 g/mol. The molecular weight excluding hydrogens is 252 g/mol. The van der Waals surface area contributed by atoms with E-state index in [1.54, 1.807) is 6.92 Å². The third kappa shape index (κ3) is 2.48. The summed E-state index contributed by atoms with van der Waals surface area (Å²) in [6.07, 6.45) is 0.547. The Hall–Kier alpha value is -1.17. The predicted molar refractivity (Wildman–Crippen MR) is 69.7 cm³/mol. The van der Waals surface area contributed by atoms with Crippen LogP contribution in [0.4, 0.5) is 0 Å². The standard InChI is InChI=1S/C12H18N2O3S/c1-7(2)10-8(3)13-11(14-12(10)15)9-4-5-18(16,17)6-9/h7,9H,4-6H2,1-3H3,(H,13,14,15). The first-order valence-electron chi connectivity index (χ1n) is 6.11. The molecule has 0 saturated carbocycles. The van der Waals surface area contributed by atoms with Crippen molar-refractivity contribution in [2.75, 3.05) is 11.5 Å². The molecule has 0 amide bonds. The Labute approximate surface area is 107 Å². The van der Waals surface area contributed by atoms with E-state index in [0.717, 1.165) is 0 Å². The monoisotopic (exact) mass is 270 g/mol. The minimum absolute atomic E-state index is 0.0937. The summed E-state index contributed by atoms with van der Waals surface area (Å²) in [4.78, 5) is 19.1. The number of H-pyrrole nitrogens is 1. The number of aromatic nitrogens is 2. The van der Waals surface area contributed by atoms with Gasteiger partial charge in [0, 0.05) is 17.2 Å². The van der Waals surface area contributed by atoms with Gasteiger partial charge in [0.1, 0.15) is 5.82 Å². The van der Waals surface area contributed by atoms with E-state index in [9.17, 15) is 13.2 Å². The van der Waals surface area contributed by atoms with E-state index < -0.39 is 9.84 Å². The molecule has 100 valence electrons. The zero-order valence-corrected chi connectivity index (χ0v) is 11.7. The maximum Gasteiger partial charge on any atom is 0.254 e. The first-order chi connectivity index (χ1) is 8.30. The van der Waals surface area contributed by atoms with Crippen LogP contribution in [0.2, 0.25) is 0 Å². The highest BCUT2D eigenvalue weighted by Crippen LogP contribution is 2.26. The summed E-state index contributed by atoms with van der Waals surface area (Å²) in [7, 11) is -2.96. The lowest BCUT2D eigenvalue weighted by Gasteiger charge is -2.12. The Morgan fingerprint density at radius 2 is 2.06 bits per heavy atom. The molecule has 2 rings (SSSR count). The zero-order chi connectivity index (χ0) is 13.5. The molecule has 1 aromatic heterocycles. The van der Waals surface area contributed by atoms with E-state index in [-0.39, 0.29) is 28.9 Å². The van der Waals surface area contributed by atoms with E-state index in [1.165, 1.54) is 0 Å². The summed E-state index contributed by atoms with van der Waals surface area (Å²) >= 11 is 0. The molecule has 0 spiro atoms. The SMILES string of the molecule is Cc1nc(C2CCS(=O)(=O)C2)[nH]c(=O)c1C(C)C. The van der Waals surface area contributed by atoms with Crippen molar-refractivity contribution in [3.63, 3.8) is 0 Å². The second-order valence-corrected chi connectivity index (χ2v) is 7.43. The van der Waals surface area contributed by atoms with Crippen LogP contribution in [0, 0.1) is 6.92 Å². The Bertz CT molecular complexity index is 617. The van der Waals surface area contributed by atoms with Crippen LogP contribution >= 0.6 is 0 Å². The second-order valence-electron chi connectivity index (χ2n) is 5.20. The van der Waals surface area contributed by atoms with Gasteiger partial charge in [-0.2, -0.15) is 0 Å². The normalized spacial score (nSPS) is 22.6. The highest BCUT2D eigenvalue weighted by atomic mass is 32.2. The van der Waals surface area contributed by atoms with E-state index >= 15 is 0 Å². The number of nitrogens with zero attached hydrogens (tertiary/aromatic N) is 1. The zero-order valence-electron chi connectivity index (χ0n) is 10.9. The number of hydrogen-bond acceptors (Lipinski definition) is 4. The van der Waals surface area contributed by atoms with Gasteiger partial charge in [-0.1, -0.05) is 13.8 Å². The molecule has 0 radical (unpaired) electrons. The van der Waals surface area contributed by atoms with Crippen LogP contribution in [0.15, 0.2) is 4.79 Å². The van der Waals surface area contributed by atoms with E-state index in [2.05, 4.69) is 9.97 Å². The van der Waals surface area contributed by atoms with Gasteiger partial charge in [-0.15, -0.1) is 0 Å². The molecule has 0 bridgehead atoms. The van der Waals surface area contributed by atoms with Gasteiger partial charge in [0.15, 0.2) is 9.84 Å². The fourth-order valence-electron chi connectivity index (χ4n) is 2.50. The molecule has 0 aromatic carbocycles. The first kappa shape index (κ1) is 13.3. The van der Waals surface area contributed by atoms with E-state index in [1.807, 2.05) is 13.8 Å². The van der Waals surface area contributed by atoms with Crippen LogP contribution in [0.3, 0.4) is 0 Å². The van der Waals surface area contributed by atoms with Gasteiger partial charge in [-0.3, -0.25) is 4.79 Å². The predicted octanol–water partition coefficient (Wildman–Crippen LogP) is 1.10. The summed E-state index contributed by atoms with van der Waals surface area (Å²) in [5.41, 5.74) is 1.24. The quantitative estimate of drug-likeness (QED) is 0.872. The van der Waals surface area contributed by atoms with Crippen molar-refractivity contribution in [3.8, 4) is 0 Å². The summed E-state index contributed by atoms with van der Waals surface area (Å²) in [6.45, 7) is 5.69. The van der Waals surface area contributed by atoms with Crippen LogP contribution in [0.25, 0.3) is 0 Å². The number of rotatable bonds is 2. The lowest BCUT2D eigenvalue weighted by Crippen LogP contribution is -2.22. The van der Waals surface area contributed by atoms with Crippen molar-refractivity contribution >= 4 is 9.84 Å². The van der Waals surface area contributed by atoms with Gasteiger partial charge in [0.05, 0.1) is 11.5 Å². The fourth-order valence-corrected chi connectivity index (χ4v) is 4.25. The van der Waals surface area contributed by atoms with Crippen molar-refractivity contribution in [3.05, 3.63) is 27.4 Å². The van der Waals surface area contributed by atoms with Crippen LogP contribution in [0.1, 0.15) is 49.2 Å². The number of aromatic amines is 1. The lowest BCUT2D eigenvalue weighted by atomic mass is 10.0. The molecule has 1 saturated heterocycles. The number of nitrogens with one attached hydrogen (secondary N) is 1. The highest BCUT2D eigenvalue weighted by molar-refractivity contribution is 7.91. The molecule has 1 fully saturated rings. The van der Waals surface area contributed by atoms with Gasteiger partial charge >= 0.3 is 0 Å². The van der Waals surface area contributed by atoms with Crippen LogP contribution < -0.4 is 5.56 Å². The summed E-state index contributed by atoms with van der Waals surface area (Å²) in [6, 6.07) is 0. The topological polar surface area (TPSA) is 79.9 Å². The molecular formula is C12H18N2O3S. The first-order valence-corrected chi connectivity index (χ1v) is 7.93. The molecule has 0 aliphatic carbocycles. The van der Waals surface area contributed by atoms with Gasteiger partial charge in [0.2, 0.25) is 0 Å². The number of aryl methyl sites for hydroxylation is 1. The minimum Gasteiger partial charge on any atom is -0.310 e. The van der Waals surface area contributed by atoms with E-state index in [0.29, 0.717) is 23.5 Å². The van der Waals surface area contributed by atoms with Crippen molar-refractivity contribution in [1.29, 1.82) is 0 Å². The van der Waals surface area contributed by atoms with Gasteiger partial charge in [0.25, 0.3) is 5.56 Å². The summed E-state index contributed by atoms with van der Waals surface area (Å²) in [5, 5.41) is 0. The Morgan fingerprint density at radius 1 is 1.39 bits per heavy atom. The van der Waals surface area contributed by atoms with Crippen LogP contribution in [-0.4, -0.2) is 29.9 Å². The molecule has 18 heavy (non-hydrogen) atoms. The van der Waals surface area contributed by atoms with Crippen LogP contribution in [0.5, 0.6) is 0 Å². The number of sulfone groups is 1. The molecule has 1 aliphatic rings. The van der Waals surface area contributed by atoms with Crippen molar-refractivity contribution in [2.24, 2.45) is 0 Å². The van der Waals surface area contributed by atoms with Crippen molar-refractivity contribution < 1.29 is 8.42 Å². The summed E-state index contributed by atoms with van der Waals surface area (Å²) in [5.74, 6) is 0.746. The van der Waals surface area contributed by atoms with Gasteiger partial charge in [-0.05, 0) is 19.3 Å². The minimum atomic E-state index is -2.96. The molecule has 1 aromatic rings. The van der Waals surface area contributed by atoms with Gasteiger partial charge in [-0.25, -0.2) is 13.4 Å². The lowest BCUT2D eigenvalue weighted by molar-refractivity contribution is 0.600. The fraction of sp³-hybridized carbons (Fsp3) is 0.667. The smallest absolute Gasteiger partial charge is 0.254 e. The molecule has 1 N–H and O–H groups in total. The van der Waals surface area contributed by atoms with Crippen molar-refractivity contribution in [1.82, 2.24) is 9.97 Å². The maximum atomic E-state index is 12.0. The number of hydrogen-bond donors (Lipinski definition) is 1. The molecule has 2 heterocycles. The molecule has 6 heteroatoms. The Morgan fingerprint density at radius 3 is 2.50 bits per heavy atom. The largest absolute Gasteiger partial charge is 0.310 e. The van der Waals surface area contributed by atoms with E-state index in [4.69, 9.17) is 0 Å². The van der Waals surface area contributed by atoms with Crippen LogP contribution in [-0.2, 0) is 9.84 Å². The average Bonchev–Trinajstić information content (AvgIpc) is 2.57. The third-order valence-corrected chi connectivity index (χ3v) is 5.13. The second kappa shape index (κ2) is 4.50. The highest BCUT2D eigenvalue weighted by Gasteiger charge is 2.31. The molecule has 1 aliphatic heterocycles.